The molecule has 0 spiro atoms. The predicted octanol–water partition coefficient (Wildman–Crippen LogP) is 2.54. The minimum Gasteiger partial charge on any atom is -0.444 e. The summed E-state index contributed by atoms with van der Waals surface area (Å²) in [5.41, 5.74) is -1.73. The van der Waals surface area contributed by atoms with Crippen LogP contribution in [0.15, 0.2) is 0 Å². The number of carbonyl (C=O) groups excluding carboxylic acids is 2. The van der Waals surface area contributed by atoms with Gasteiger partial charge >= 0.3 is 6.09 Å². The Morgan fingerprint density at radius 1 is 1.13 bits per heavy atom. The van der Waals surface area contributed by atoms with Gasteiger partial charge in [-0.3, -0.25) is 9.69 Å². The summed E-state index contributed by atoms with van der Waals surface area (Å²) in [7, 11) is 1.52. The van der Waals surface area contributed by atoms with E-state index in [4.69, 9.17) is 4.74 Å². The van der Waals surface area contributed by atoms with Crippen molar-refractivity contribution in [2.45, 2.75) is 85.1 Å². The van der Waals surface area contributed by atoms with Crippen LogP contribution in [0.25, 0.3) is 0 Å². The highest BCUT2D eigenvalue weighted by molar-refractivity contribution is 5.86. The summed E-state index contributed by atoms with van der Waals surface area (Å²) in [5.74, 6) is -0.0183. The normalized spacial score (nSPS) is 15.1. The molecule has 0 aromatic heterocycles. The quantitative estimate of drug-likeness (QED) is 0.784. The minimum atomic E-state index is -1.08. The van der Waals surface area contributed by atoms with Gasteiger partial charge in [-0.2, -0.15) is 0 Å². The van der Waals surface area contributed by atoms with Gasteiger partial charge in [-0.1, -0.05) is 13.8 Å². The highest BCUT2D eigenvalue weighted by Gasteiger charge is 2.34. The summed E-state index contributed by atoms with van der Waals surface area (Å²) in [5, 5.41) is 13.0. The van der Waals surface area contributed by atoms with Gasteiger partial charge in [0.1, 0.15) is 11.6 Å². The average Bonchev–Trinajstić information content (AvgIpc) is 2.31. The van der Waals surface area contributed by atoms with Gasteiger partial charge < -0.3 is 15.2 Å². The molecule has 0 rings (SSSR count). The average molecular weight is 330 g/mol. The Hall–Kier alpha value is -1.30. The van der Waals surface area contributed by atoms with Crippen molar-refractivity contribution in [3.8, 4) is 0 Å². The van der Waals surface area contributed by atoms with Gasteiger partial charge in [-0.15, -0.1) is 0 Å². The van der Waals surface area contributed by atoms with E-state index in [1.54, 1.807) is 34.6 Å². The fourth-order valence-electron chi connectivity index (χ4n) is 1.83. The van der Waals surface area contributed by atoms with Crippen LogP contribution in [0.4, 0.5) is 4.79 Å². The van der Waals surface area contributed by atoms with Crippen LogP contribution in [0.5, 0.6) is 0 Å². The molecule has 0 aromatic carbocycles. The monoisotopic (exact) mass is 330 g/mol. The lowest BCUT2D eigenvalue weighted by Crippen LogP contribution is -2.53. The van der Waals surface area contributed by atoms with Crippen molar-refractivity contribution in [1.82, 2.24) is 10.2 Å². The largest absolute Gasteiger partial charge is 0.444 e. The Bertz CT molecular complexity index is 408. The molecule has 0 aromatic rings. The van der Waals surface area contributed by atoms with Crippen LogP contribution in [0, 0.1) is 5.92 Å². The SMILES string of the molecule is CC(C)C(C)NC(=O)C(CC(C)(C)O)N(C)C(=O)OC(C)(C)C. The number of hydrogen-bond donors (Lipinski definition) is 2. The molecule has 0 aliphatic carbocycles. The van der Waals surface area contributed by atoms with Gasteiger partial charge in [-0.05, 0) is 47.5 Å². The molecule has 2 atom stereocenters. The van der Waals surface area contributed by atoms with E-state index in [-0.39, 0.29) is 24.3 Å². The molecule has 0 fully saturated rings. The van der Waals surface area contributed by atoms with E-state index < -0.39 is 23.3 Å². The second-order valence-electron chi connectivity index (χ2n) is 8.16. The topological polar surface area (TPSA) is 78.9 Å². The molecule has 0 saturated carbocycles. The molecule has 2 N–H and O–H groups in total. The van der Waals surface area contributed by atoms with Crippen LogP contribution in [0.2, 0.25) is 0 Å². The number of nitrogens with zero attached hydrogens (tertiary/aromatic N) is 1. The van der Waals surface area contributed by atoms with E-state index in [0.29, 0.717) is 0 Å². The lowest BCUT2D eigenvalue weighted by atomic mass is 9.97. The fourth-order valence-corrected chi connectivity index (χ4v) is 1.83. The third-order valence-electron chi connectivity index (χ3n) is 3.51. The lowest BCUT2D eigenvalue weighted by molar-refractivity contribution is -0.129. The number of amides is 2. The number of rotatable bonds is 6. The summed E-state index contributed by atoms with van der Waals surface area (Å²) >= 11 is 0. The number of carbonyl (C=O) groups is 2. The number of ether oxygens (including phenoxy) is 1. The van der Waals surface area contributed by atoms with Gasteiger partial charge in [0, 0.05) is 19.5 Å². The lowest BCUT2D eigenvalue weighted by Gasteiger charge is -2.34. The van der Waals surface area contributed by atoms with Crippen molar-refractivity contribution in [2.24, 2.45) is 5.92 Å². The first-order chi connectivity index (χ1) is 10.1. The van der Waals surface area contributed by atoms with Crippen LogP contribution in [-0.4, -0.2) is 52.3 Å². The Morgan fingerprint density at radius 2 is 1.61 bits per heavy atom. The van der Waals surface area contributed by atoms with Crippen LogP contribution < -0.4 is 5.32 Å². The fraction of sp³-hybridized carbons (Fsp3) is 0.882. The molecule has 136 valence electrons. The molecule has 0 radical (unpaired) electrons. The van der Waals surface area contributed by atoms with Crippen molar-refractivity contribution >= 4 is 12.0 Å². The highest BCUT2D eigenvalue weighted by Crippen LogP contribution is 2.18. The van der Waals surface area contributed by atoms with Crippen LogP contribution in [0.1, 0.15) is 61.8 Å². The second-order valence-corrected chi connectivity index (χ2v) is 8.16. The maximum absolute atomic E-state index is 12.6. The van der Waals surface area contributed by atoms with Gasteiger partial charge in [0.2, 0.25) is 5.91 Å². The molecule has 0 heterocycles. The Balaban J connectivity index is 5.21. The van der Waals surface area contributed by atoms with Crippen LogP contribution >= 0.6 is 0 Å². The van der Waals surface area contributed by atoms with E-state index in [9.17, 15) is 14.7 Å². The summed E-state index contributed by atoms with van der Waals surface area (Å²) in [6, 6.07) is -0.829. The first kappa shape index (κ1) is 21.7. The first-order valence-electron chi connectivity index (χ1n) is 8.12. The maximum Gasteiger partial charge on any atom is 0.410 e. The van der Waals surface area contributed by atoms with Crippen molar-refractivity contribution in [3.63, 3.8) is 0 Å². The molecule has 23 heavy (non-hydrogen) atoms. The van der Waals surface area contributed by atoms with E-state index >= 15 is 0 Å². The summed E-state index contributed by atoms with van der Waals surface area (Å²) < 4.78 is 5.32. The highest BCUT2D eigenvalue weighted by atomic mass is 16.6. The van der Waals surface area contributed by atoms with Gasteiger partial charge in [-0.25, -0.2) is 4.79 Å². The third kappa shape index (κ3) is 8.79. The zero-order valence-electron chi connectivity index (χ0n) is 16.1. The Kier molecular flexibility index (Phi) is 7.54. The predicted molar refractivity (Wildman–Crippen MR) is 91.1 cm³/mol. The van der Waals surface area contributed by atoms with E-state index in [0.717, 1.165) is 0 Å². The Labute approximate surface area is 140 Å². The minimum absolute atomic E-state index is 0.0289. The van der Waals surface area contributed by atoms with Gasteiger partial charge in [0.25, 0.3) is 0 Å². The number of hydrogen-bond acceptors (Lipinski definition) is 4. The molecule has 0 aliphatic rings. The second kappa shape index (κ2) is 7.99. The van der Waals surface area contributed by atoms with Gasteiger partial charge in [0.15, 0.2) is 0 Å². The molecular weight excluding hydrogens is 296 g/mol. The van der Waals surface area contributed by atoms with Crippen molar-refractivity contribution in [3.05, 3.63) is 0 Å². The number of likely N-dealkylation sites (N-methyl/N-ethyl adjacent to an activating group) is 1. The molecule has 0 aliphatic heterocycles. The number of nitrogens with one attached hydrogen (secondary N) is 1. The van der Waals surface area contributed by atoms with Crippen LogP contribution in [0.3, 0.4) is 0 Å². The molecule has 2 amide bonds. The zero-order valence-corrected chi connectivity index (χ0v) is 16.1. The standard InChI is InChI=1S/C17H34N2O4/c1-11(2)12(3)18-14(20)13(10-17(7,8)22)19(9)15(21)23-16(4,5)6/h11-13,22H,10H2,1-9H3,(H,18,20). The number of aliphatic hydroxyl groups is 1. The molecule has 0 saturated heterocycles. The van der Waals surface area contributed by atoms with E-state index in [1.165, 1.54) is 11.9 Å². The zero-order chi connectivity index (χ0) is 18.6. The van der Waals surface area contributed by atoms with E-state index in [1.807, 2.05) is 20.8 Å². The third-order valence-corrected chi connectivity index (χ3v) is 3.51. The molecule has 0 bridgehead atoms. The molecular formula is C17H34N2O4. The molecule has 6 nitrogen and oxygen atoms in total. The van der Waals surface area contributed by atoms with E-state index in [2.05, 4.69) is 5.32 Å². The first-order valence-corrected chi connectivity index (χ1v) is 8.12. The smallest absolute Gasteiger partial charge is 0.410 e. The maximum atomic E-state index is 12.6. The van der Waals surface area contributed by atoms with Crippen molar-refractivity contribution < 1.29 is 19.4 Å². The summed E-state index contributed by atoms with van der Waals surface area (Å²) in [6.45, 7) is 14.5. The molecule has 2 unspecified atom stereocenters. The van der Waals surface area contributed by atoms with Crippen molar-refractivity contribution in [1.29, 1.82) is 0 Å². The summed E-state index contributed by atoms with van der Waals surface area (Å²) in [4.78, 5) is 26.1. The molecule has 6 heteroatoms. The van der Waals surface area contributed by atoms with Crippen molar-refractivity contribution in [2.75, 3.05) is 7.05 Å². The van der Waals surface area contributed by atoms with Gasteiger partial charge in [0.05, 0.1) is 5.60 Å². The Morgan fingerprint density at radius 3 is 1.96 bits per heavy atom. The van der Waals surface area contributed by atoms with Crippen LogP contribution in [-0.2, 0) is 9.53 Å². The summed E-state index contributed by atoms with van der Waals surface area (Å²) in [6.07, 6.45) is -0.460.